The van der Waals surface area contributed by atoms with E-state index in [1.54, 1.807) is 12.2 Å². The van der Waals surface area contributed by atoms with Crippen LogP contribution in [0.3, 0.4) is 0 Å². The van der Waals surface area contributed by atoms with E-state index in [9.17, 15) is 18.6 Å². The summed E-state index contributed by atoms with van der Waals surface area (Å²) in [6, 6.07) is -0.998. The van der Waals surface area contributed by atoms with E-state index in [4.69, 9.17) is 5.73 Å². The van der Waals surface area contributed by atoms with Gasteiger partial charge in [-0.05, 0) is 0 Å². The largest absolute Gasteiger partial charge is 0.469 e. The first-order valence-corrected chi connectivity index (χ1v) is 5.78. The molecule has 0 aliphatic rings. The number of nitrogens with one attached hydrogen (secondary N) is 1. The van der Waals surface area contributed by atoms with Crippen LogP contribution >= 0.6 is 0 Å². The van der Waals surface area contributed by atoms with Gasteiger partial charge in [-0.15, -0.1) is 0 Å². The lowest BCUT2D eigenvalue weighted by molar-refractivity contribution is -0.140. The zero-order valence-electron chi connectivity index (χ0n) is 9.02. The van der Waals surface area contributed by atoms with Gasteiger partial charge in [0.05, 0.1) is 13.5 Å². The van der Waals surface area contributed by atoms with E-state index in [1.807, 2.05) is 0 Å². The fourth-order valence-electron chi connectivity index (χ4n) is 0.856. The van der Waals surface area contributed by atoms with E-state index in [0.717, 1.165) is 0 Å². The molecule has 0 aromatic heterocycles. The number of hydrogen-bond acceptors (Lipinski definition) is 5. The van der Waals surface area contributed by atoms with Crippen LogP contribution in [0.4, 0.5) is 4.79 Å². The minimum Gasteiger partial charge on any atom is -0.469 e. The van der Waals surface area contributed by atoms with E-state index in [-0.39, 0.29) is 12.2 Å². The summed E-state index contributed by atoms with van der Waals surface area (Å²) in [6.07, 6.45) is -0.0486. The molecule has 3 amide bonds. The van der Waals surface area contributed by atoms with Gasteiger partial charge in [0.25, 0.3) is 0 Å². The molecule has 0 saturated heterocycles. The molecule has 3 N–H and O–H groups in total. The number of amides is 3. The monoisotopic (exact) mass is 250 g/mol. The topological polar surface area (TPSA) is 116 Å². The molecule has 0 aromatic carbocycles. The SMILES string of the molecule is COC(=O)CC(C)S(=O)CC(=O)NC(N)=O. The van der Waals surface area contributed by atoms with Crippen LogP contribution in [0.25, 0.3) is 0 Å². The lowest BCUT2D eigenvalue weighted by atomic mass is 10.3. The minimum absolute atomic E-state index is 0.0486. The van der Waals surface area contributed by atoms with Crippen LogP contribution in [0, 0.1) is 0 Å². The molecule has 0 rings (SSSR count). The number of imide groups is 1. The number of hydrogen-bond donors (Lipinski definition) is 2. The number of methoxy groups -OCH3 is 1. The smallest absolute Gasteiger partial charge is 0.318 e. The quantitative estimate of drug-likeness (QED) is 0.600. The molecular formula is C8H14N2O5S. The summed E-state index contributed by atoms with van der Waals surface area (Å²) >= 11 is 0. The Kier molecular flexibility index (Phi) is 6.31. The molecule has 0 fully saturated rings. The number of ether oxygens (including phenoxy) is 1. The highest BCUT2D eigenvalue weighted by Gasteiger charge is 2.19. The Morgan fingerprint density at radius 1 is 1.44 bits per heavy atom. The highest BCUT2D eigenvalue weighted by molar-refractivity contribution is 7.86. The summed E-state index contributed by atoms with van der Waals surface area (Å²) in [4.78, 5) is 32.2. The van der Waals surface area contributed by atoms with Crippen molar-refractivity contribution in [2.45, 2.75) is 18.6 Å². The van der Waals surface area contributed by atoms with Crippen molar-refractivity contribution in [1.29, 1.82) is 0 Å². The molecular weight excluding hydrogens is 236 g/mol. The van der Waals surface area contributed by atoms with Gasteiger partial charge < -0.3 is 10.5 Å². The van der Waals surface area contributed by atoms with E-state index >= 15 is 0 Å². The van der Waals surface area contributed by atoms with Gasteiger partial charge in [0, 0.05) is 16.0 Å². The van der Waals surface area contributed by atoms with E-state index < -0.39 is 34.0 Å². The van der Waals surface area contributed by atoms with Crippen LogP contribution in [-0.2, 0) is 25.1 Å². The van der Waals surface area contributed by atoms with E-state index in [2.05, 4.69) is 4.74 Å². The number of rotatable bonds is 5. The Morgan fingerprint density at radius 2 is 2.00 bits per heavy atom. The van der Waals surface area contributed by atoms with Gasteiger partial charge in [0.2, 0.25) is 5.91 Å². The standard InChI is InChI=1S/C8H14N2O5S/c1-5(3-7(12)15-2)16(14)4-6(11)10-8(9)13/h5H,3-4H2,1-2H3,(H3,9,10,11,13). The Balaban J connectivity index is 4.10. The summed E-state index contributed by atoms with van der Waals surface area (Å²) < 4.78 is 15.9. The highest BCUT2D eigenvalue weighted by atomic mass is 32.2. The molecule has 0 radical (unpaired) electrons. The number of nitrogens with two attached hydrogens (primary N) is 1. The molecule has 16 heavy (non-hydrogen) atoms. The van der Waals surface area contributed by atoms with Crippen molar-refractivity contribution in [2.24, 2.45) is 5.73 Å². The second kappa shape index (κ2) is 6.94. The van der Waals surface area contributed by atoms with Crippen molar-refractivity contribution >= 4 is 28.7 Å². The molecule has 2 atom stereocenters. The Morgan fingerprint density at radius 3 is 2.44 bits per heavy atom. The number of carbonyl (C=O) groups is 3. The van der Waals surface area contributed by atoms with Crippen LogP contribution in [0.1, 0.15) is 13.3 Å². The fourth-order valence-corrected chi connectivity index (χ4v) is 1.79. The average molecular weight is 250 g/mol. The summed E-state index contributed by atoms with van der Waals surface area (Å²) in [6.45, 7) is 1.55. The first-order chi connectivity index (χ1) is 7.36. The lowest BCUT2D eigenvalue weighted by Crippen LogP contribution is -2.38. The van der Waals surface area contributed by atoms with Crippen molar-refractivity contribution in [3.63, 3.8) is 0 Å². The third-order valence-corrected chi connectivity index (χ3v) is 3.28. The third-order valence-electron chi connectivity index (χ3n) is 1.67. The summed E-state index contributed by atoms with van der Waals surface area (Å²) in [7, 11) is -0.334. The first kappa shape index (κ1) is 14.6. The van der Waals surface area contributed by atoms with Crippen molar-refractivity contribution in [3.8, 4) is 0 Å². The van der Waals surface area contributed by atoms with Gasteiger partial charge in [0.15, 0.2) is 0 Å². The van der Waals surface area contributed by atoms with Crippen LogP contribution in [-0.4, -0.2) is 40.2 Å². The summed E-state index contributed by atoms with van der Waals surface area (Å²) in [5, 5.41) is 1.26. The lowest BCUT2D eigenvalue weighted by Gasteiger charge is -2.09. The molecule has 0 heterocycles. The maximum absolute atomic E-state index is 11.5. The first-order valence-electron chi connectivity index (χ1n) is 4.40. The number of carbonyl (C=O) groups excluding carboxylic acids is 3. The maximum Gasteiger partial charge on any atom is 0.318 e. The number of esters is 1. The second-order valence-corrected chi connectivity index (χ2v) is 4.88. The van der Waals surface area contributed by atoms with Gasteiger partial charge in [-0.3, -0.25) is 19.1 Å². The molecule has 0 bridgehead atoms. The van der Waals surface area contributed by atoms with Crippen LogP contribution in [0.2, 0.25) is 0 Å². The van der Waals surface area contributed by atoms with Gasteiger partial charge in [-0.1, -0.05) is 6.92 Å². The normalized spacial score (nSPS) is 13.6. The molecule has 0 aliphatic carbocycles. The van der Waals surface area contributed by atoms with Crippen molar-refractivity contribution in [3.05, 3.63) is 0 Å². The van der Waals surface area contributed by atoms with Crippen LogP contribution in [0.5, 0.6) is 0 Å². The molecule has 8 heteroatoms. The van der Waals surface area contributed by atoms with Gasteiger partial charge in [-0.2, -0.15) is 0 Å². The van der Waals surface area contributed by atoms with Gasteiger partial charge in [0.1, 0.15) is 5.75 Å². The zero-order valence-corrected chi connectivity index (χ0v) is 9.83. The molecule has 0 aromatic rings. The van der Waals surface area contributed by atoms with E-state index in [1.165, 1.54) is 7.11 Å². The molecule has 92 valence electrons. The maximum atomic E-state index is 11.5. The molecule has 7 nitrogen and oxygen atoms in total. The van der Waals surface area contributed by atoms with Crippen molar-refractivity contribution < 1.29 is 23.3 Å². The Labute approximate surface area is 95.2 Å². The number of urea groups is 1. The Bertz CT molecular complexity index is 318. The third kappa shape index (κ3) is 6.12. The average Bonchev–Trinajstić information content (AvgIpc) is 2.15. The molecule has 0 spiro atoms. The van der Waals surface area contributed by atoms with Gasteiger partial charge in [-0.25, -0.2) is 4.79 Å². The number of primary amides is 1. The predicted molar refractivity (Wildman–Crippen MR) is 56.8 cm³/mol. The van der Waals surface area contributed by atoms with Gasteiger partial charge >= 0.3 is 12.0 Å². The minimum atomic E-state index is -1.55. The molecule has 0 aliphatic heterocycles. The van der Waals surface area contributed by atoms with E-state index in [0.29, 0.717) is 0 Å². The second-order valence-electron chi connectivity index (χ2n) is 3.03. The molecule has 0 saturated carbocycles. The zero-order chi connectivity index (χ0) is 12.7. The summed E-state index contributed by atoms with van der Waals surface area (Å²) in [5.74, 6) is -1.61. The van der Waals surface area contributed by atoms with Crippen LogP contribution in [0.15, 0.2) is 0 Å². The molecule has 2 unspecified atom stereocenters. The predicted octanol–water partition coefficient (Wildman–Crippen LogP) is -1.12. The van der Waals surface area contributed by atoms with Crippen molar-refractivity contribution in [1.82, 2.24) is 5.32 Å². The fraction of sp³-hybridized carbons (Fsp3) is 0.625. The summed E-state index contributed by atoms with van der Waals surface area (Å²) in [5.41, 5.74) is 4.70. The Hall–Kier alpha value is -1.44. The van der Waals surface area contributed by atoms with Crippen molar-refractivity contribution in [2.75, 3.05) is 12.9 Å². The van der Waals surface area contributed by atoms with Crippen LogP contribution < -0.4 is 11.1 Å². The highest BCUT2D eigenvalue weighted by Crippen LogP contribution is 2.02.